The van der Waals surface area contributed by atoms with E-state index in [0.29, 0.717) is 0 Å². The molecule has 1 fully saturated rings. The Bertz CT molecular complexity index is 479. The molecule has 0 saturated carbocycles. The minimum Gasteiger partial charge on any atom is -0.326 e. The fourth-order valence-electron chi connectivity index (χ4n) is 2.77. The summed E-state index contributed by atoms with van der Waals surface area (Å²) in [4.78, 5) is 13.2. The standard InChI is InChI=1S/C13H18BrN3O2/c1-2-6-16-7-5-11(15)13(16)10-4-3-9(14)8-12(10)17(18)19/h3-4,8,11,13H,2,5-7,15H2,1H3. The van der Waals surface area contributed by atoms with Crippen molar-refractivity contribution < 1.29 is 4.92 Å². The number of hydrogen-bond acceptors (Lipinski definition) is 4. The first-order valence-electron chi connectivity index (χ1n) is 6.48. The van der Waals surface area contributed by atoms with Crippen LogP contribution >= 0.6 is 15.9 Å². The molecule has 2 rings (SSSR count). The molecule has 0 radical (unpaired) electrons. The number of likely N-dealkylation sites (tertiary alicyclic amines) is 1. The summed E-state index contributed by atoms with van der Waals surface area (Å²) < 4.78 is 0.719. The molecule has 6 heteroatoms. The van der Waals surface area contributed by atoms with Crippen molar-refractivity contribution in [2.45, 2.75) is 31.8 Å². The summed E-state index contributed by atoms with van der Waals surface area (Å²) >= 11 is 3.28. The molecule has 1 saturated heterocycles. The lowest BCUT2D eigenvalue weighted by Crippen LogP contribution is -2.32. The highest BCUT2D eigenvalue weighted by Gasteiger charge is 2.36. The van der Waals surface area contributed by atoms with Gasteiger partial charge in [-0.2, -0.15) is 0 Å². The smallest absolute Gasteiger partial charge is 0.275 e. The molecule has 1 aromatic carbocycles. The molecule has 0 amide bonds. The van der Waals surface area contributed by atoms with Gasteiger partial charge in [-0.1, -0.05) is 22.9 Å². The van der Waals surface area contributed by atoms with Crippen LogP contribution in [0, 0.1) is 10.1 Å². The molecule has 1 aliphatic rings. The minimum absolute atomic E-state index is 0.0357. The number of halogens is 1. The third-order valence-electron chi connectivity index (χ3n) is 3.57. The highest BCUT2D eigenvalue weighted by atomic mass is 79.9. The molecule has 2 N–H and O–H groups in total. The van der Waals surface area contributed by atoms with Gasteiger partial charge in [-0.15, -0.1) is 0 Å². The first kappa shape index (κ1) is 14.4. The van der Waals surface area contributed by atoms with Crippen molar-refractivity contribution in [2.75, 3.05) is 13.1 Å². The number of benzene rings is 1. The summed E-state index contributed by atoms with van der Waals surface area (Å²) in [5, 5.41) is 11.2. The van der Waals surface area contributed by atoms with Gasteiger partial charge in [-0.3, -0.25) is 15.0 Å². The number of nitrogens with zero attached hydrogens (tertiary/aromatic N) is 2. The molecule has 0 spiro atoms. The minimum atomic E-state index is -0.324. The first-order valence-corrected chi connectivity index (χ1v) is 7.27. The van der Waals surface area contributed by atoms with E-state index < -0.39 is 0 Å². The lowest BCUT2D eigenvalue weighted by molar-refractivity contribution is -0.386. The summed E-state index contributed by atoms with van der Waals surface area (Å²) in [6.45, 7) is 3.94. The van der Waals surface area contributed by atoms with Crippen LogP contribution < -0.4 is 5.73 Å². The second-order valence-electron chi connectivity index (χ2n) is 4.89. The van der Waals surface area contributed by atoms with E-state index in [1.165, 1.54) is 0 Å². The van der Waals surface area contributed by atoms with Gasteiger partial charge >= 0.3 is 0 Å². The van der Waals surface area contributed by atoms with E-state index in [2.05, 4.69) is 27.8 Å². The Kier molecular flexibility index (Phi) is 4.54. The number of nitrogens with two attached hydrogens (primary N) is 1. The average Bonchev–Trinajstić information content (AvgIpc) is 2.71. The van der Waals surface area contributed by atoms with Crippen molar-refractivity contribution in [3.05, 3.63) is 38.3 Å². The van der Waals surface area contributed by atoms with Crippen molar-refractivity contribution in [1.82, 2.24) is 4.90 Å². The second kappa shape index (κ2) is 5.98. The van der Waals surface area contributed by atoms with Crippen LogP contribution in [0.25, 0.3) is 0 Å². The van der Waals surface area contributed by atoms with Crippen molar-refractivity contribution >= 4 is 21.6 Å². The maximum atomic E-state index is 11.2. The van der Waals surface area contributed by atoms with E-state index in [9.17, 15) is 10.1 Å². The molecular formula is C13H18BrN3O2. The molecule has 0 aromatic heterocycles. The van der Waals surface area contributed by atoms with E-state index >= 15 is 0 Å². The Balaban J connectivity index is 2.41. The van der Waals surface area contributed by atoms with Gasteiger partial charge in [0.2, 0.25) is 0 Å². The first-order chi connectivity index (χ1) is 9.04. The topological polar surface area (TPSA) is 72.4 Å². The fourth-order valence-corrected chi connectivity index (χ4v) is 3.12. The molecule has 1 aromatic rings. The van der Waals surface area contributed by atoms with Crippen molar-refractivity contribution in [1.29, 1.82) is 0 Å². The normalized spacial score (nSPS) is 23.7. The van der Waals surface area contributed by atoms with Crippen LogP contribution in [0.5, 0.6) is 0 Å². The quantitative estimate of drug-likeness (QED) is 0.681. The fraction of sp³-hybridized carbons (Fsp3) is 0.538. The van der Waals surface area contributed by atoms with E-state index in [-0.39, 0.29) is 22.7 Å². The van der Waals surface area contributed by atoms with Gasteiger partial charge in [-0.25, -0.2) is 0 Å². The largest absolute Gasteiger partial charge is 0.326 e. The van der Waals surface area contributed by atoms with Crippen molar-refractivity contribution in [2.24, 2.45) is 5.73 Å². The molecule has 104 valence electrons. The monoisotopic (exact) mass is 327 g/mol. The van der Waals surface area contributed by atoms with Crippen LogP contribution in [0.15, 0.2) is 22.7 Å². The van der Waals surface area contributed by atoms with Crippen molar-refractivity contribution in [3.63, 3.8) is 0 Å². The molecule has 0 aliphatic carbocycles. The second-order valence-corrected chi connectivity index (χ2v) is 5.81. The average molecular weight is 328 g/mol. The van der Waals surface area contributed by atoms with Gasteiger partial charge in [0.1, 0.15) is 0 Å². The molecular weight excluding hydrogens is 310 g/mol. The Morgan fingerprint density at radius 2 is 2.32 bits per heavy atom. The summed E-state index contributed by atoms with van der Waals surface area (Å²) in [5.74, 6) is 0. The van der Waals surface area contributed by atoms with Gasteiger partial charge in [-0.05, 0) is 31.5 Å². The van der Waals surface area contributed by atoms with E-state index in [4.69, 9.17) is 5.73 Å². The van der Waals surface area contributed by atoms with Gasteiger partial charge in [0.05, 0.1) is 11.0 Å². The number of nitro groups is 1. The van der Waals surface area contributed by atoms with Gasteiger partial charge in [0, 0.05) is 28.7 Å². The van der Waals surface area contributed by atoms with Gasteiger partial charge < -0.3 is 5.73 Å². The predicted octanol–water partition coefficient (Wildman–Crippen LogP) is 2.84. The van der Waals surface area contributed by atoms with E-state index in [0.717, 1.165) is 36.0 Å². The molecule has 2 unspecified atom stereocenters. The number of hydrogen-bond donors (Lipinski definition) is 1. The zero-order valence-corrected chi connectivity index (χ0v) is 12.5. The van der Waals surface area contributed by atoms with Crippen LogP contribution in [0.3, 0.4) is 0 Å². The third kappa shape index (κ3) is 2.96. The van der Waals surface area contributed by atoms with E-state index in [1.807, 2.05) is 12.1 Å². The SMILES string of the molecule is CCCN1CCC(N)C1c1ccc(Br)cc1[N+](=O)[O-]. The van der Waals surface area contributed by atoms with E-state index in [1.54, 1.807) is 6.07 Å². The van der Waals surface area contributed by atoms with Crippen LogP contribution in [-0.4, -0.2) is 29.0 Å². The maximum Gasteiger partial charge on any atom is 0.275 e. The predicted molar refractivity (Wildman–Crippen MR) is 78.0 cm³/mol. The highest BCUT2D eigenvalue weighted by molar-refractivity contribution is 9.10. The number of nitro benzene ring substituents is 1. The Hall–Kier alpha value is -0.980. The van der Waals surface area contributed by atoms with Crippen LogP contribution in [0.4, 0.5) is 5.69 Å². The Morgan fingerprint density at radius 3 is 2.95 bits per heavy atom. The summed E-state index contributed by atoms with van der Waals surface area (Å²) in [6, 6.07) is 5.14. The Morgan fingerprint density at radius 1 is 1.58 bits per heavy atom. The number of rotatable bonds is 4. The third-order valence-corrected chi connectivity index (χ3v) is 4.06. The molecule has 1 heterocycles. The van der Waals surface area contributed by atoms with Gasteiger partial charge in [0.15, 0.2) is 0 Å². The van der Waals surface area contributed by atoms with Crippen molar-refractivity contribution in [3.8, 4) is 0 Å². The molecule has 2 atom stereocenters. The molecule has 5 nitrogen and oxygen atoms in total. The summed E-state index contributed by atoms with van der Waals surface area (Å²) in [5.41, 5.74) is 7.04. The zero-order valence-electron chi connectivity index (χ0n) is 10.9. The van der Waals surface area contributed by atoms with Crippen LogP contribution in [0.1, 0.15) is 31.4 Å². The van der Waals surface area contributed by atoms with Crippen LogP contribution in [-0.2, 0) is 0 Å². The Labute approximate surface area is 121 Å². The summed E-state index contributed by atoms with van der Waals surface area (Å²) in [7, 11) is 0. The summed E-state index contributed by atoms with van der Waals surface area (Å²) in [6.07, 6.45) is 1.91. The molecule has 19 heavy (non-hydrogen) atoms. The lowest BCUT2D eigenvalue weighted by Gasteiger charge is -2.26. The molecule has 1 aliphatic heterocycles. The zero-order chi connectivity index (χ0) is 14.0. The van der Waals surface area contributed by atoms with Gasteiger partial charge in [0.25, 0.3) is 5.69 Å². The highest BCUT2D eigenvalue weighted by Crippen LogP contribution is 2.37. The maximum absolute atomic E-state index is 11.2. The van der Waals surface area contributed by atoms with Crippen LogP contribution in [0.2, 0.25) is 0 Å². The lowest BCUT2D eigenvalue weighted by atomic mass is 9.99. The molecule has 0 bridgehead atoms.